The van der Waals surface area contributed by atoms with E-state index in [-0.39, 0.29) is 10.6 Å². The molecule has 0 spiro atoms. The Hall–Kier alpha value is -3.62. The van der Waals surface area contributed by atoms with Gasteiger partial charge < -0.3 is 23.8 Å². The van der Waals surface area contributed by atoms with Crippen molar-refractivity contribution in [3.63, 3.8) is 0 Å². The molecule has 1 aliphatic heterocycles. The number of piperazine rings is 1. The number of nitro benzene ring substituents is 1. The lowest BCUT2D eigenvalue weighted by molar-refractivity contribution is -1.02. The zero-order valence-corrected chi connectivity index (χ0v) is 21.2. The second kappa shape index (κ2) is 10.2. The Balaban J connectivity index is 1.28. The van der Waals surface area contributed by atoms with Crippen LogP contribution in [0, 0.1) is 10.1 Å². The molecule has 2 heterocycles. The molecule has 8 nitrogen and oxygen atoms in total. The van der Waals surface area contributed by atoms with Crippen LogP contribution in [0.5, 0.6) is 11.5 Å². The van der Waals surface area contributed by atoms with Crippen molar-refractivity contribution in [1.29, 1.82) is 0 Å². The Kier molecular flexibility index (Phi) is 6.80. The number of aryl methyl sites for hydroxylation is 1. The summed E-state index contributed by atoms with van der Waals surface area (Å²) in [6.07, 6.45) is 0. The Morgan fingerprint density at radius 2 is 1.50 bits per heavy atom. The Morgan fingerprint density at radius 3 is 2.17 bits per heavy atom. The van der Waals surface area contributed by atoms with Crippen molar-refractivity contribution in [1.82, 2.24) is 4.57 Å². The second-order valence-electron chi connectivity index (χ2n) is 9.56. The maximum Gasteiger partial charge on any atom is 0.282 e. The molecule has 0 atom stereocenters. The molecule has 8 heteroatoms. The number of rotatable bonds is 8. The topological polar surface area (TPSA) is 75.4 Å². The van der Waals surface area contributed by atoms with Crippen LogP contribution in [0.3, 0.4) is 0 Å². The Bertz CT molecular complexity index is 1410. The Morgan fingerprint density at radius 1 is 0.861 bits per heavy atom. The summed E-state index contributed by atoms with van der Waals surface area (Å²) in [7, 11) is 3.05. The fourth-order valence-corrected chi connectivity index (χ4v) is 5.64. The highest BCUT2D eigenvalue weighted by molar-refractivity contribution is 6.08. The molecule has 0 saturated carbocycles. The minimum absolute atomic E-state index is 0.0921. The van der Waals surface area contributed by atoms with Gasteiger partial charge in [0.25, 0.3) is 5.69 Å². The van der Waals surface area contributed by atoms with Gasteiger partial charge in [0.15, 0.2) is 11.5 Å². The van der Waals surface area contributed by atoms with Crippen LogP contribution < -0.4 is 19.3 Å². The van der Waals surface area contributed by atoms with Crippen LogP contribution in [0.1, 0.15) is 18.1 Å². The molecule has 2 N–H and O–H groups in total. The predicted molar refractivity (Wildman–Crippen MR) is 140 cm³/mol. The molecule has 1 aromatic heterocycles. The van der Waals surface area contributed by atoms with Crippen molar-refractivity contribution in [2.75, 3.05) is 40.4 Å². The molecule has 188 valence electrons. The van der Waals surface area contributed by atoms with E-state index in [9.17, 15) is 10.1 Å². The summed E-state index contributed by atoms with van der Waals surface area (Å²) in [4.78, 5) is 14.3. The maximum atomic E-state index is 11.7. The van der Waals surface area contributed by atoms with Gasteiger partial charge in [0.1, 0.15) is 39.3 Å². The molecule has 1 fully saturated rings. The highest BCUT2D eigenvalue weighted by Gasteiger charge is 2.28. The first-order chi connectivity index (χ1) is 17.5. The molecule has 1 saturated heterocycles. The molecule has 0 amide bonds. The van der Waals surface area contributed by atoms with E-state index in [1.54, 1.807) is 18.1 Å². The number of hydrogen-bond donors (Lipinski definition) is 2. The second-order valence-corrected chi connectivity index (χ2v) is 9.56. The number of nitrogens with zero attached hydrogens (tertiary/aromatic N) is 2. The molecular formula is C28H34N4O4+2. The van der Waals surface area contributed by atoms with Crippen LogP contribution in [-0.4, -0.2) is 49.9 Å². The minimum Gasteiger partial charge on any atom is -0.493 e. The number of quaternary nitrogens is 2. The molecule has 3 aromatic carbocycles. The number of hydrogen-bond acceptors (Lipinski definition) is 4. The average molecular weight is 491 g/mol. The highest BCUT2D eigenvalue weighted by Crippen LogP contribution is 2.34. The molecule has 0 unspecified atom stereocenters. The van der Waals surface area contributed by atoms with Gasteiger partial charge >= 0.3 is 0 Å². The van der Waals surface area contributed by atoms with Gasteiger partial charge in [0, 0.05) is 33.9 Å². The van der Waals surface area contributed by atoms with Gasteiger partial charge in [-0.15, -0.1) is 0 Å². The lowest BCUT2D eigenvalue weighted by atomic mass is 10.1. The van der Waals surface area contributed by atoms with E-state index in [1.165, 1.54) is 45.4 Å². The van der Waals surface area contributed by atoms with E-state index in [0.29, 0.717) is 23.6 Å². The van der Waals surface area contributed by atoms with Crippen molar-refractivity contribution >= 4 is 27.5 Å². The molecule has 0 bridgehead atoms. The van der Waals surface area contributed by atoms with Crippen LogP contribution in [0.15, 0.2) is 54.6 Å². The summed E-state index contributed by atoms with van der Waals surface area (Å²) < 4.78 is 13.0. The lowest BCUT2D eigenvalue weighted by Gasteiger charge is -2.29. The van der Waals surface area contributed by atoms with Crippen molar-refractivity contribution in [3.8, 4) is 11.5 Å². The van der Waals surface area contributed by atoms with E-state index in [1.807, 2.05) is 0 Å². The summed E-state index contributed by atoms with van der Waals surface area (Å²) in [5.74, 6) is 0.915. The predicted octanol–water partition coefficient (Wildman–Crippen LogP) is 2.22. The van der Waals surface area contributed by atoms with Gasteiger partial charge in [-0.05, 0) is 31.2 Å². The normalized spacial score (nSPS) is 18.0. The van der Waals surface area contributed by atoms with Gasteiger partial charge in [0.2, 0.25) is 0 Å². The number of ether oxygens (including phenoxy) is 2. The van der Waals surface area contributed by atoms with Crippen LogP contribution in [0.4, 0.5) is 5.69 Å². The maximum absolute atomic E-state index is 11.7. The number of benzene rings is 3. The van der Waals surface area contributed by atoms with E-state index in [4.69, 9.17) is 9.47 Å². The monoisotopic (exact) mass is 490 g/mol. The van der Waals surface area contributed by atoms with Crippen LogP contribution in [-0.2, 0) is 19.6 Å². The third-order valence-corrected chi connectivity index (χ3v) is 7.49. The fourth-order valence-electron chi connectivity index (χ4n) is 5.64. The molecule has 1 aliphatic rings. The van der Waals surface area contributed by atoms with Crippen LogP contribution in [0.25, 0.3) is 21.8 Å². The molecule has 36 heavy (non-hydrogen) atoms. The number of methoxy groups -OCH3 is 2. The molecular weight excluding hydrogens is 456 g/mol. The summed E-state index contributed by atoms with van der Waals surface area (Å²) in [6.45, 7) is 8.75. The zero-order chi connectivity index (χ0) is 25.2. The number of nitro groups is 1. The van der Waals surface area contributed by atoms with Gasteiger partial charge in [-0.2, -0.15) is 0 Å². The number of nitrogens with one attached hydrogen (secondary N) is 2. The molecule has 4 aromatic rings. The number of aromatic nitrogens is 1. The zero-order valence-electron chi connectivity index (χ0n) is 21.2. The summed E-state index contributed by atoms with van der Waals surface area (Å²) >= 11 is 0. The fraction of sp³-hybridized carbons (Fsp3) is 0.357. The van der Waals surface area contributed by atoms with E-state index >= 15 is 0 Å². The van der Waals surface area contributed by atoms with Gasteiger partial charge in [0.05, 0.1) is 30.8 Å². The molecule has 0 radical (unpaired) electrons. The first-order valence-corrected chi connectivity index (χ1v) is 12.6. The summed E-state index contributed by atoms with van der Waals surface area (Å²) in [6, 6.07) is 18.8. The van der Waals surface area contributed by atoms with Gasteiger partial charge in [-0.1, -0.05) is 24.3 Å². The number of fused-ring (bicyclic) bond motifs is 3. The van der Waals surface area contributed by atoms with Gasteiger partial charge in [-0.25, -0.2) is 0 Å². The van der Waals surface area contributed by atoms with Crippen molar-refractivity contribution < 1.29 is 24.2 Å². The summed E-state index contributed by atoms with van der Waals surface area (Å²) in [5, 5.41) is 14.3. The molecule has 5 rings (SSSR count). The van der Waals surface area contributed by atoms with Crippen molar-refractivity contribution in [3.05, 3.63) is 75.8 Å². The first kappa shape index (κ1) is 24.1. The average Bonchev–Trinajstić information content (AvgIpc) is 3.22. The third-order valence-electron chi connectivity index (χ3n) is 7.49. The van der Waals surface area contributed by atoms with Crippen molar-refractivity contribution in [2.24, 2.45) is 0 Å². The quantitative estimate of drug-likeness (QED) is 0.293. The minimum atomic E-state index is -0.329. The first-order valence-electron chi connectivity index (χ1n) is 12.6. The Labute approximate surface area is 210 Å². The van der Waals surface area contributed by atoms with Crippen LogP contribution >= 0.6 is 0 Å². The van der Waals surface area contributed by atoms with E-state index < -0.39 is 0 Å². The van der Waals surface area contributed by atoms with E-state index in [0.717, 1.165) is 39.3 Å². The van der Waals surface area contributed by atoms with Crippen LogP contribution in [0.2, 0.25) is 0 Å². The largest absolute Gasteiger partial charge is 0.493 e. The smallest absolute Gasteiger partial charge is 0.282 e. The van der Waals surface area contributed by atoms with Gasteiger partial charge in [-0.3, -0.25) is 10.1 Å². The van der Waals surface area contributed by atoms with Crippen molar-refractivity contribution in [2.45, 2.75) is 26.6 Å². The highest BCUT2D eigenvalue weighted by atomic mass is 16.6. The number of para-hydroxylation sites is 1. The van der Waals surface area contributed by atoms with E-state index in [2.05, 4.69) is 54.0 Å². The standard InChI is InChI=1S/C28H32N4O4/c1-4-31-24-8-6-5-7-22(24)23-15-20(9-10-25(23)31)18-29-11-13-30(14-12-29)19-21-16-27(35-2)28(36-3)17-26(21)32(33)34/h5-10,15-17H,4,11-14,18-19H2,1-3H3/p+2. The summed E-state index contributed by atoms with van der Waals surface area (Å²) in [5.41, 5.74) is 4.73. The SMILES string of the molecule is CCn1c2ccccc2c2cc(C[NH+]3CC[NH+](Cc4cc(OC)c(OC)cc4[N+](=O)[O-])CC3)ccc21. The third kappa shape index (κ3) is 4.50. The molecule has 0 aliphatic carbocycles. The lowest BCUT2D eigenvalue weighted by Crippen LogP contribution is -3.27.